The fraction of sp³-hybridized carbons (Fsp3) is 0.370. The molecule has 2 aromatic carbocycles. The summed E-state index contributed by atoms with van der Waals surface area (Å²) >= 11 is 0. The van der Waals surface area contributed by atoms with Crippen LogP contribution in [-0.4, -0.2) is 28.3 Å². The molecule has 0 spiro atoms. The first kappa shape index (κ1) is 23.5. The van der Waals surface area contributed by atoms with E-state index in [1.807, 2.05) is 53.2 Å². The standard InChI is InChI=1S/C27H32N4O3/c1-4-34-24(32)16-15-22(19-11-7-5-8-12-19)30-26(33)21-18-28-31-25(21)29-23(17-27(31,2)3)20-13-9-6-10-14-20/h5-14,18,22-23,29H,4,15-17H2,1-3H3,(H,30,33). The second kappa shape index (κ2) is 10.1. The van der Waals surface area contributed by atoms with Gasteiger partial charge in [0.25, 0.3) is 5.91 Å². The second-order valence-electron chi connectivity index (χ2n) is 9.22. The van der Waals surface area contributed by atoms with Crippen molar-refractivity contribution >= 4 is 17.7 Å². The molecule has 1 aliphatic heterocycles. The Kier molecular flexibility index (Phi) is 7.01. The lowest BCUT2D eigenvalue weighted by Gasteiger charge is -2.38. The maximum atomic E-state index is 13.5. The van der Waals surface area contributed by atoms with Crippen LogP contribution in [0.25, 0.3) is 0 Å². The average Bonchev–Trinajstić information content (AvgIpc) is 3.28. The zero-order chi connectivity index (χ0) is 24.1. The zero-order valence-electron chi connectivity index (χ0n) is 20.0. The van der Waals surface area contributed by atoms with E-state index >= 15 is 0 Å². The van der Waals surface area contributed by atoms with Crippen molar-refractivity contribution in [3.8, 4) is 0 Å². The predicted molar refractivity (Wildman–Crippen MR) is 131 cm³/mol. The number of aromatic nitrogens is 2. The molecule has 1 aromatic heterocycles. The van der Waals surface area contributed by atoms with Gasteiger partial charge in [0.2, 0.25) is 0 Å². The first-order chi connectivity index (χ1) is 16.4. The van der Waals surface area contributed by atoms with Crippen molar-refractivity contribution < 1.29 is 14.3 Å². The minimum absolute atomic E-state index is 0.0701. The van der Waals surface area contributed by atoms with E-state index in [4.69, 9.17) is 4.74 Å². The van der Waals surface area contributed by atoms with Gasteiger partial charge in [0.1, 0.15) is 11.4 Å². The van der Waals surface area contributed by atoms with Gasteiger partial charge in [0, 0.05) is 6.42 Å². The van der Waals surface area contributed by atoms with E-state index in [2.05, 4.69) is 41.7 Å². The summed E-state index contributed by atoms with van der Waals surface area (Å²) in [6, 6.07) is 19.7. The molecule has 2 atom stereocenters. The van der Waals surface area contributed by atoms with Crippen molar-refractivity contribution in [3.05, 3.63) is 83.6 Å². The quantitative estimate of drug-likeness (QED) is 0.463. The average molecular weight is 461 g/mol. The molecular weight excluding hydrogens is 428 g/mol. The summed E-state index contributed by atoms with van der Waals surface area (Å²) in [4.78, 5) is 25.4. The largest absolute Gasteiger partial charge is 0.466 e. The predicted octanol–water partition coefficient (Wildman–Crippen LogP) is 4.99. The van der Waals surface area contributed by atoms with Crippen LogP contribution in [0.3, 0.4) is 0 Å². The van der Waals surface area contributed by atoms with Gasteiger partial charge in [0.15, 0.2) is 0 Å². The first-order valence-electron chi connectivity index (χ1n) is 11.8. The number of benzene rings is 2. The summed E-state index contributed by atoms with van der Waals surface area (Å²) in [5.41, 5.74) is 2.34. The van der Waals surface area contributed by atoms with Crippen molar-refractivity contribution in [3.63, 3.8) is 0 Å². The highest BCUT2D eigenvalue weighted by molar-refractivity contribution is 5.99. The molecule has 2 unspecified atom stereocenters. The number of nitrogens with zero attached hydrogens (tertiary/aromatic N) is 2. The van der Waals surface area contributed by atoms with Crippen LogP contribution < -0.4 is 10.6 Å². The van der Waals surface area contributed by atoms with Gasteiger partial charge in [-0.05, 0) is 44.7 Å². The maximum Gasteiger partial charge on any atom is 0.305 e. The number of amides is 1. The first-order valence-corrected chi connectivity index (χ1v) is 11.8. The number of hydrogen-bond acceptors (Lipinski definition) is 5. The Morgan fingerprint density at radius 3 is 2.50 bits per heavy atom. The number of esters is 1. The smallest absolute Gasteiger partial charge is 0.305 e. The van der Waals surface area contributed by atoms with Gasteiger partial charge < -0.3 is 15.4 Å². The van der Waals surface area contributed by atoms with Crippen molar-refractivity contribution in [2.75, 3.05) is 11.9 Å². The van der Waals surface area contributed by atoms with Crippen LogP contribution in [0.1, 0.15) is 73.6 Å². The minimum Gasteiger partial charge on any atom is -0.466 e. The number of carbonyl (C=O) groups excluding carboxylic acids is 2. The summed E-state index contributed by atoms with van der Waals surface area (Å²) in [5, 5.41) is 11.2. The number of carbonyl (C=O) groups is 2. The molecule has 3 aromatic rings. The highest BCUT2D eigenvalue weighted by atomic mass is 16.5. The van der Waals surface area contributed by atoms with Gasteiger partial charge >= 0.3 is 5.97 Å². The summed E-state index contributed by atoms with van der Waals surface area (Å²) in [7, 11) is 0. The minimum atomic E-state index is -0.324. The molecule has 0 fully saturated rings. The van der Waals surface area contributed by atoms with Crippen molar-refractivity contribution in [2.24, 2.45) is 0 Å². The Labute approximate surface area is 200 Å². The monoisotopic (exact) mass is 460 g/mol. The van der Waals surface area contributed by atoms with Crippen molar-refractivity contribution in [1.29, 1.82) is 0 Å². The molecule has 0 radical (unpaired) electrons. The number of hydrogen-bond donors (Lipinski definition) is 2. The van der Waals surface area contributed by atoms with E-state index in [0.29, 0.717) is 24.4 Å². The summed E-state index contributed by atoms with van der Waals surface area (Å²) in [6.07, 6.45) is 3.14. The van der Waals surface area contributed by atoms with Gasteiger partial charge in [-0.2, -0.15) is 5.10 Å². The van der Waals surface area contributed by atoms with Crippen molar-refractivity contribution in [2.45, 2.75) is 57.7 Å². The molecule has 1 amide bonds. The maximum absolute atomic E-state index is 13.5. The van der Waals surface area contributed by atoms with Gasteiger partial charge in [-0.3, -0.25) is 9.59 Å². The van der Waals surface area contributed by atoms with Crippen LogP contribution in [0.2, 0.25) is 0 Å². The number of rotatable bonds is 8. The van der Waals surface area contributed by atoms with Crippen LogP contribution in [0.4, 0.5) is 5.82 Å². The molecule has 178 valence electrons. The lowest BCUT2D eigenvalue weighted by atomic mass is 9.89. The molecule has 2 N–H and O–H groups in total. The topological polar surface area (TPSA) is 85.2 Å². The Hall–Kier alpha value is -3.61. The van der Waals surface area contributed by atoms with Gasteiger partial charge in [-0.25, -0.2) is 4.68 Å². The van der Waals surface area contributed by atoms with Crippen LogP contribution in [0.5, 0.6) is 0 Å². The molecule has 2 heterocycles. The Morgan fingerprint density at radius 2 is 1.82 bits per heavy atom. The Balaban J connectivity index is 1.58. The molecule has 0 saturated heterocycles. The third-order valence-electron chi connectivity index (χ3n) is 6.25. The van der Waals surface area contributed by atoms with Gasteiger partial charge in [0.05, 0.1) is 30.4 Å². The van der Waals surface area contributed by atoms with Crippen LogP contribution >= 0.6 is 0 Å². The highest BCUT2D eigenvalue weighted by Gasteiger charge is 2.36. The van der Waals surface area contributed by atoms with Crippen LogP contribution in [-0.2, 0) is 15.1 Å². The third kappa shape index (κ3) is 5.14. The summed E-state index contributed by atoms with van der Waals surface area (Å²) in [5.74, 6) is 0.213. The SMILES string of the molecule is CCOC(=O)CCC(NC(=O)c1cnn2c1NC(c1ccccc1)CC2(C)C)c1ccccc1. The summed E-state index contributed by atoms with van der Waals surface area (Å²) in [6.45, 7) is 6.39. The zero-order valence-corrected chi connectivity index (χ0v) is 20.0. The molecule has 0 aliphatic carbocycles. The van der Waals surface area contributed by atoms with E-state index in [9.17, 15) is 9.59 Å². The molecule has 7 heteroatoms. The Bertz CT molecular complexity index is 1130. The fourth-order valence-corrected chi connectivity index (χ4v) is 4.54. The third-order valence-corrected chi connectivity index (χ3v) is 6.25. The van der Waals surface area contributed by atoms with Crippen molar-refractivity contribution in [1.82, 2.24) is 15.1 Å². The summed E-state index contributed by atoms with van der Waals surface area (Å²) < 4.78 is 6.98. The molecular formula is C27H32N4O3. The van der Waals surface area contributed by atoms with Gasteiger partial charge in [-0.15, -0.1) is 0 Å². The normalized spacial score (nSPS) is 17.2. The number of fused-ring (bicyclic) bond motifs is 1. The number of nitrogens with one attached hydrogen (secondary N) is 2. The van der Waals surface area contributed by atoms with E-state index in [1.54, 1.807) is 13.1 Å². The van der Waals surface area contributed by atoms with E-state index in [1.165, 1.54) is 5.56 Å². The van der Waals surface area contributed by atoms with E-state index < -0.39 is 0 Å². The molecule has 0 saturated carbocycles. The second-order valence-corrected chi connectivity index (χ2v) is 9.22. The molecule has 7 nitrogen and oxygen atoms in total. The molecule has 0 bridgehead atoms. The molecule has 1 aliphatic rings. The number of ether oxygens (including phenoxy) is 1. The molecule has 34 heavy (non-hydrogen) atoms. The van der Waals surface area contributed by atoms with E-state index in [-0.39, 0.29) is 35.9 Å². The molecule has 4 rings (SSSR count). The Morgan fingerprint density at radius 1 is 1.15 bits per heavy atom. The highest BCUT2D eigenvalue weighted by Crippen LogP contribution is 2.40. The number of anilines is 1. The lowest BCUT2D eigenvalue weighted by molar-refractivity contribution is -0.143. The van der Waals surface area contributed by atoms with Gasteiger partial charge in [-0.1, -0.05) is 60.7 Å². The van der Waals surface area contributed by atoms with E-state index in [0.717, 1.165) is 12.0 Å². The van der Waals surface area contributed by atoms with Crippen LogP contribution in [0.15, 0.2) is 66.9 Å². The van der Waals surface area contributed by atoms with Crippen LogP contribution in [0, 0.1) is 0 Å². The fourth-order valence-electron chi connectivity index (χ4n) is 4.54. The lowest BCUT2D eigenvalue weighted by Crippen LogP contribution is -2.38.